The van der Waals surface area contributed by atoms with E-state index in [0.29, 0.717) is 11.5 Å². The Morgan fingerprint density at radius 2 is 1.76 bits per heavy atom. The number of piperazine rings is 1. The Hall–Kier alpha value is -2.67. The molecule has 3 aliphatic rings. The molecule has 0 bridgehead atoms. The zero-order chi connectivity index (χ0) is 19.8. The van der Waals surface area contributed by atoms with Crippen molar-refractivity contribution in [3.05, 3.63) is 41.7 Å². The summed E-state index contributed by atoms with van der Waals surface area (Å²) in [5.74, 6) is 0.516. The van der Waals surface area contributed by atoms with E-state index in [4.69, 9.17) is 4.98 Å². The van der Waals surface area contributed by atoms with E-state index in [0.717, 1.165) is 63.2 Å². The van der Waals surface area contributed by atoms with Gasteiger partial charge in [0.1, 0.15) is 0 Å². The smallest absolute Gasteiger partial charge is 0.255 e. The number of nitrogens with one attached hydrogen (secondary N) is 2. The van der Waals surface area contributed by atoms with Crippen LogP contribution in [0.1, 0.15) is 48.2 Å². The molecule has 2 aliphatic heterocycles. The van der Waals surface area contributed by atoms with Crippen LogP contribution in [0.5, 0.6) is 0 Å². The van der Waals surface area contributed by atoms with Crippen LogP contribution in [0.15, 0.2) is 30.5 Å². The standard InChI is InChI=1S/C22H28N6O/c1-27-11-13-28(14-12-27)17-7-5-16(6-8-17)24-21-23-15-18-19(25-21)22(26-20(18)29)9-3-2-4-10-22/h5-8,15H,2-4,9-14H2,1H3,(H,26,29)(H,23,24,25). The van der Waals surface area contributed by atoms with Crippen molar-refractivity contribution < 1.29 is 4.79 Å². The van der Waals surface area contributed by atoms with E-state index in [1.807, 2.05) is 0 Å². The molecule has 1 saturated carbocycles. The summed E-state index contributed by atoms with van der Waals surface area (Å²) in [5, 5.41) is 6.51. The number of carbonyl (C=O) groups excluding carboxylic acids is 1. The largest absolute Gasteiger partial charge is 0.369 e. The second kappa shape index (κ2) is 7.30. The Kier molecular flexibility index (Phi) is 4.62. The molecule has 2 N–H and O–H groups in total. The molecule has 0 atom stereocenters. The molecule has 2 aromatic rings. The van der Waals surface area contributed by atoms with Gasteiger partial charge in [0.15, 0.2) is 0 Å². The minimum atomic E-state index is -0.296. The highest BCUT2D eigenvalue weighted by molar-refractivity contribution is 5.99. The highest BCUT2D eigenvalue weighted by atomic mass is 16.2. The van der Waals surface area contributed by atoms with Crippen LogP contribution in [0, 0.1) is 0 Å². The highest BCUT2D eigenvalue weighted by Crippen LogP contribution is 2.41. The first kappa shape index (κ1) is 18.4. The lowest BCUT2D eigenvalue weighted by Crippen LogP contribution is -2.44. The van der Waals surface area contributed by atoms with Crippen LogP contribution in [-0.4, -0.2) is 54.0 Å². The van der Waals surface area contributed by atoms with Crippen LogP contribution in [0.4, 0.5) is 17.3 Å². The molecule has 1 amide bonds. The second-order valence-corrected chi connectivity index (χ2v) is 8.51. The first-order valence-electron chi connectivity index (χ1n) is 10.6. The number of carbonyl (C=O) groups is 1. The first-order chi connectivity index (χ1) is 14.1. The third-order valence-corrected chi connectivity index (χ3v) is 6.54. The van der Waals surface area contributed by atoms with Gasteiger partial charge in [-0.15, -0.1) is 0 Å². The first-order valence-corrected chi connectivity index (χ1v) is 10.6. The molecule has 1 spiro atoms. The number of benzene rings is 1. The third kappa shape index (κ3) is 3.44. The van der Waals surface area contributed by atoms with Gasteiger partial charge in [0.25, 0.3) is 5.91 Å². The van der Waals surface area contributed by atoms with Crippen LogP contribution in [-0.2, 0) is 5.54 Å². The lowest BCUT2D eigenvalue weighted by molar-refractivity contribution is 0.0908. The summed E-state index contributed by atoms with van der Waals surface area (Å²) >= 11 is 0. The van der Waals surface area contributed by atoms with Crippen molar-refractivity contribution in [3.8, 4) is 0 Å². The minimum Gasteiger partial charge on any atom is -0.369 e. The molecule has 7 heteroatoms. The fraction of sp³-hybridized carbons (Fsp3) is 0.500. The molecule has 0 radical (unpaired) electrons. The Bertz CT molecular complexity index is 898. The summed E-state index contributed by atoms with van der Waals surface area (Å²) in [5.41, 5.74) is 3.40. The summed E-state index contributed by atoms with van der Waals surface area (Å²) in [6.07, 6.45) is 7.06. The molecule has 1 aromatic carbocycles. The number of fused-ring (bicyclic) bond motifs is 2. The van der Waals surface area contributed by atoms with Crippen molar-refractivity contribution in [1.29, 1.82) is 0 Å². The molecule has 29 heavy (non-hydrogen) atoms. The number of hydrogen-bond acceptors (Lipinski definition) is 6. The van der Waals surface area contributed by atoms with Gasteiger partial charge in [-0.3, -0.25) is 4.79 Å². The van der Waals surface area contributed by atoms with Crippen LogP contribution in [0.25, 0.3) is 0 Å². The van der Waals surface area contributed by atoms with E-state index in [1.165, 1.54) is 12.1 Å². The molecule has 2 fully saturated rings. The number of rotatable bonds is 3. The SMILES string of the molecule is CN1CCN(c2ccc(Nc3ncc4c(n3)C3(CCCCC3)NC4=O)cc2)CC1. The van der Waals surface area contributed by atoms with Crippen LogP contribution in [0.3, 0.4) is 0 Å². The van der Waals surface area contributed by atoms with Crippen molar-refractivity contribution in [2.75, 3.05) is 43.4 Å². The summed E-state index contributed by atoms with van der Waals surface area (Å²) in [6, 6.07) is 8.44. The van der Waals surface area contributed by atoms with Crippen LogP contribution >= 0.6 is 0 Å². The van der Waals surface area contributed by atoms with Crippen LogP contribution in [0.2, 0.25) is 0 Å². The summed E-state index contributed by atoms with van der Waals surface area (Å²) in [6.45, 7) is 4.30. The molecule has 0 unspecified atom stereocenters. The lowest BCUT2D eigenvalue weighted by Gasteiger charge is -2.34. The molecule has 7 nitrogen and oxygen atoms in total. The summed E-state index contributed by atoms with van der Waals surface area (Å²) in [4.78, 5) is 26.3. The number of likely N-dealkylation sites (N-methyl/N-ethyl adjacent to an activating group) is 1. The van der Waals surface area contributed by atoms with E-state index in [2.05, 4.69) is 56.7 Å². The van der Waals surface area contributed by atoms with Gasteiger partial charge in [0, 0.05) is 43.8 Å². The van der Waals surface area contributed by atoms with Crippen molar-refractivity contribution >= 4 is 23.2 Å². The molecular formula is C22H28N6O. The molecular weight excluding hydrogens is 364 g/mol. The Morgan fingerprint density at radius 1 is 1.03 bits per heavy atom. The van der Waals surface area contributed by atoms with Gasteiger partial charge < -0.3 is 20.4 Å². The maximum absolute atomic E-state index is 12.4. The summed E-state index contributed by atoms with van der Waals surface area (Å²) in [7, 11) is 2.17. The fourth-order valence-electron chi connectivity index (χ4n) is 4.78. The molecule has 1 aliphatic carbocycles. The maximum atomic E-state index is 12.4. The van der Waals surface area contributed by atoms with Crippen molar-refractivity contribution in [1.82, 2.24) is 20.2 Å². The number of aromatic nitrogens is 2. The van der Waals surface area contributed by atoms with E-state index >= 15 is 0 Å². The molecule has 1 saturated heterocycles. The number of anilines is 3. The fourth-order valence-corrected chi connectivity index (χ4v) is 4.78. The van der Waals surface area contributed by atoms with Gasteiger partial charge in [-0.05, 0) is 44.2 Å². The highest BCUT2D eigenvalue weighted by Gasteiger charge is 2.45. The number of amides is 1. The Balaban J connectivity index is 1.34. The van der Waals surface area contributed by atoms with E-state index in [-0.39, 0.29) is 11.4 Å². The quantitative estimate of drug-likeness (QED) is 0.837. The van der Waals surface area contributed by atoms with Gasteiger partial charge in [0.05, 0.1) is 16.8 Å². The zero-order valence-electron chi connectivity index (χ0n) is 16.9. The predicted molar refractivity (Wildman–Crippen MR) is 114 cm³/mol. The van der Waals surface area contributed by atoms with Crippen molar-refractivity contribution in [3.63, 3.8) is 0 Å². The van der Waals surface area contributed by atoms with Gasteiger partial charge in [-0.1, -0.05) is 19.3 Å². The Labute approximate surface area is 171 Å². The molecule has 152 valence electrons. The molecule has 3 heterocycles. The zero-order valence-corrected chi connectivity index (χ0v) is 16.9. The van der Waals surface area contributed by atoms with Gasteiger partial charge in [0.2, 0.25) is 5.95 Å². The average Bonchev–Trinajstić information content (AvgIpc) is 3.00. The second-order valence-electron chi connectivity index (χ2n) is 8.51. The minimum absolute atomic E-state index is 0.0371. The van der Waals surface area contributed by atoms with Crippen LogP contribution < -0.4 is 15.5 Å². The van der Waals surface area contributed by atoms with E-state index in [9.17, 15) is 4.79 Å². The van der Waals surface area contributed by atoms with Gasteiger partial charge in [-0.2, -0.15) is 0 Å². The van der Waals surface area contributed by atoms with Crippen molar-refractivity contribution in [2.45, 2.75) is 37.6 Å². The monoisotopic (exact) mass is 392 g/mol. The molecule has 1 aromatic heterocycles. The van der Waals surface area contributed by atoms with E-state index < -0.39 is 0 Å². The summed E-state index contributed by atoms with van der Waals surface area (Å²) < 4.78 is 0. The normalized spacial score (nSPS) is 21.1. The van der Waals surface area contributed by atoms with Gasteiger partial charge in [-0.25, -0.2) is 9.97 Å². The Morgan fingerprint density at radius 3 is 2.48 bits per heavy atom. The topological polar surface area (TPSA) is 73.4 Å². The number of nitrogens with zero attached hydrogens (tertiary/aromatic N) is 4. The predicted octanol–water partition coefficient (Wildman–Crippen LogP) is 2.87. The number of hydrogen-bond donors (Lipinski definition) is 2. The third-order valence-electron chi connectivity index (χ3n) is 6.54. The lowest BCUT2D eigenvalue weighted by atomic mass is 9.80. The van der Waals surface area contributed by atoms with Gasteiger partial charge >= 0.3 is 0 Å². The van der Waals surface area contributed by atoms with E-state index in [1.54, 1.807) is 6.20 Å². The molecule has 5 rings (SSSR count). The van der Waals surface area contributed by atoms with Crippen molar-refractivity contribution in [2.24, 2.45) is 0 Å². The maximum Gasteiger partial charge on any atom is 0.255 e. The average molecular weight is 393 g/mol.